The van der Waals surface area contributed by atoms with Crippen molar-refractivity contribution in [1.29, 1.82) is 0 Å². The van der Waals surface area contributed by atoms with Gasteiger partial charge in [0.15, 0.2) is 0 Å². The molecular formula is C12H8ClI. The van der Waals surface area contributed by atoms with E-state index in [1.807, 2.05) is 30.3 Å². The van der Waals surface area contributed by atoms with Gasteiger partial charge in [0.25, 0.3) is 0 Å². The Kier molecular flexibility index (Phi) is 3.08. The monoisotopic (exact) mass is 314 g/mol. The number of hydrogen-bond acceptors (Lipinski definition) is 0. The molecule has 0 fully saturated rings. The van der Waals surface area contributed by atoms with Crippen molar-refractivity contribution in [1.82, 2.24) is 0 Å². The van der Waals surface area contributed by atoms with Crippen molar-refractivity contribution < 1.29 is 0 Å². The van der Waals surface area contributed by atoms with E-state index in [2.05, 4.69) is 40.8 Å². The molecule has 70 valence electrons. The molecule has 0 nitrogen and oxygen atoms in total. The van der Waals surface area contributed by atoms with Gasteiger partial charge in [-0.25, -0.2) is 0 Å². The Labute approximate surface area is 102 Å². The summed E-state index contributed by atoms with van der Waals surface area (Å²) in [4.78, 5) is 0. The molecule has 0 aliphatic heterocycles. The SMILES string of the molecule is Clc1cc(I)cc(-c2ccccc2)c1. The molecule has 0 atom stereocenters. The van der Waals surface area contributed by atoms with E-state index in [0.29, 0.717) is 0 Å². The van der Waals surface area contributed by atoms with Crippen LogP contribution in [0.1, 0.15) is 0 Å². The van der Waals surface area contributed by atoms with E-state index in [4.69, 9.17) is 11.6 Å². The summed E-state index contributed by atoms with van der Waals surface area (Å²) in [7, 11) is 0. The van der Waals surface area contributed by atoms with E-state index in [0.717, 1.165) is 8.59 Å². The van der Waals surface area contributed by atoms with Crippen LogP contribution in [0.3, 0.4) is 0 Å². The van der Waals surface area contributed by atoms with Gasteiger partial charge in [-0.15, -0.1) is 0 Å². The lowest BCUT2D eigenvalue weighted by molar-refractivity contribution is 1.59. The van der Waals surface area contributed by atoms with Crippen LogP contribution in [-0.2, 0) is 0 Å². The Hall–Kier alpha value is -0.540. The highest BCUT2D eigenvalue weighted by Crippen LogP contribution is 2.25. The van der Waals surface area contributed by atoms with Gasteiger partial charge in [-0.3, -0.25) is 0 Å². The molecule has 2 aromatic rings. The quantitative estimate of drug-likeness (QED) is 0.674. The molecule has 0 amide bonds. The van der Waals surface area contributed by atoms with Gasteiger partial charge >= 0.3 is 0 Å². The summed E-state index contributed by atoms with van der Waals surface area (Å²) in [5.74, 6) is 0. The summed E-state index contributed by atoms with van der Waals surface area (Å²) in [6.45, 7) is 0. The van der Waals surface area contributed by atoms with Crippen LogP contribution in [0.15, 0.2) is 48.5 Å². The molecule has 0 saturated carbocycles. The molecule has 2 aromatic carbocycles. The van der Waals surface area contributed by atoms with Crippen molar-refractivity contribution in [2.75, 3.05) is 0 Å². The highest BCUT2D eigenvalue weighted by atomic mass is 127. The molecule has 0 spiro atoms. The molecule has 0 aromatic heterocycles. The summed E-state index contributed by atoms with van der Waals surface area (Å²) < 4.78 is 1.16. The maximum Gasteiger partial charge on any atom is 0.0422 e. The van der Waals surface area contributed by atoms with Crippen LogP contribution in [0.25, 0.3) is 11.1 Å². The number of rotatable bonds is 1. The average molecular weight is 315 g/mol. The topological polar surface area (TPSA) is 0 Å². The molecule has 0 bridgehead atoms. The second-order valence-corrected chi connectivity index (χ2v) is 4.71. The standard InChI is InChI=1S/C12H8ClI/c13-11-6-10(7-12(14)8-11)9-4-2-1-3-5-9/h1-8H. The second kappa shape index (κ2) is 4.32. The van der Waals surface area contributed by atoms with Crippen molar-refractivity contribution in [3.8, 4) is 11.1 Å². The van der Waals surface area contributed by atoms with E-state index in [9.17, 15) is 0 Å². The van der Waals surface area contributed by atoms with Crippen molar-refractivity contribution in [3.05, 3.63) is 57.1 Å². The average Bonchev–Trinajstić information content (AvgIpc) is 2.18. The van der Waals surface area contributed by atoms with Crippen molar-refractivity contribution in [3.63, 3.8) is 0 Å². The van der Waals surface area contributed by atoms with Crippen molar-refractivity contribution >= 4 is 34.2 Å². The summed E-state index contributed by atoms with van der Waals surface area (Å²) in [5, 5.41) is 0.788. The fourth-order valence-corrected chi connectivity index (χ4v) is 2.44. The van der Waals surface area contributed by atoms with Gasteiger partial charge < -0.3 is 0 Å². The third kappa shape index (κ3) is 2.28. The molecule has 0 aliphatic carbocycles. The number of benzene rings is 2. The van der Waals surface area contributed by atoms with E-state index < -0.39 is 0 Å². The minimum Gasteiger partial charge on any atom is -0.0843 e. The van der Waals surface area contributed by atoms with Crippen molar-refractivity contribution in [2.24, 2.45) is 0 Å². The molecule has 14 heavy (non-hydrogen) atoms. The summed E-state index contributed by atoms with van der Waals surface area (Å²) in [6, 6.07) is 16.3. The van der Waals surface area contributed by atoms with Gasteiger partial charge in [-0.1, -0.05) is 41.9 Å². The Balaban J connectivity index is 2.52. The van der Waals surface area contributed by atoms with Gasteiger partial charge in [-0.2, -0.15) is 0 Å². The first-order valence-electron chi connectivity index (χ1n) is 4.27. The molecule has 2 heteroatoms. The largest absolute Gasteiger partial charge is 0.0843 e. The predicted octanol–water partition coefficient (Wildman–Crippen LogP) is 4.61. The van der Waals surface area contributed by atoms with Gasteiger partial charge in [0.2, 0.25) is 0 Å². The zero-order valence-corrected chi connectivity index (χ0v) is 10.3. The normalized spacial score (nSPS) is 10.1. The molecule has 2 rings (SSSR count). The molecular weight excluding hydrogens is 306 g/mol. The van der Waals surface area contributed by atoms with Crippen LogP contribution in [0.2, 0.25) is 5.02 Å². The third-order valence-corrected chi connectivity index (χ3v) is 2.81. The van der Waals surface area contributed by atoms with Gasteiger partial charge in [0.05, 0.1) is 0 Å². The highest BCUT2D eigenvalue weighted by Gasteiger charge is 1.99. The Morgan fingerprint density at radius 1 is 0.857 bits per heavy atom. The summed E-state index contributed by atoms with van der Waals surface area (Å²) in [6.07, 6.45) is 0. The maximum absolute atomic E-state index is 6.00. The fraction of sp³-hybridized carbons (Fsp3) is 0. The van der Waals surface area contributed by atoms with Crippen LogP contribution in [-0.4, -0.2) is 0 Å². The summed E-state index contributed by atoms with van der Waals surface area (Å²) in [5.41, 5.74) is 2.37. The van der Waals surface area contributed by atoms with E-state index in [1.165, 1.54) is 11.1 Å². The van der Waals surface area contributed by atoms with E-state index >= 15 is 0 Å². The highest BCUT2D eigenvalue weighted by molar-refractivity contribution is 14.1. The molecule has 0 radical (unpaired) electrons. The van der Waals surface area contributed by atoms with Gasteiger partial charge in [0, 0.05) is 8.59 Å². The molecule has 0 aliphatic rings. The van der Waals surface area contributed by atoms with Gasteiger partial charge in [-0.05, 0) is 51.9 Å². The fourth-order valence-electron chi connectivity index (χ4n) is 1.35. The minimum absolute atomic E-state index is 0.788. The van der Waals surface area contributed by atoms with Crippen LogP contribution < -0.4 is 0 Å². The maximum atomic E-state index is 6.00. The first-order chi connectivity index (χ1) is 6.75. The molecule has 0 heterocycles. The predicted molar refractivity (Wildman–Crippen MR) is 69.6 cm³/mol. The zero-order chi connectivity index (χ0) is 9.97. The van der Waals surface area contributed by atoms with Crippen LogP contribution in [0.4, 0.5) is 0 Å². The smallest absolute Gasteiger partial charge is 0.0422 e. The molecule has 0 unspecified atom stereocenters. The van der Waals surface area contributed by atoms with E-state index in [1.54, 1.807) is 0 Å². The third-order valence-electron chi connectivity index (χ3n) is 1.97. The minimum atomic E-state index is 0.788. The Morgan fingerprint density at radius 3 is 2.21 bits per heavy atom. The lowest BCUT2D eigenvalue weighted by Crippen LogP contribution is -1.79. The number of halogens is 2. The molecule has 0 N–H and O–H groups in total. The van der Waals surface area contributed by atoms with Gasteiger partial charge in [0.1, 0.15) is 0 Å². The van der Waals surface area contributed by atoms with Crippen molar-refractivity contribution in [2.45, 2.75) is 0 Å². The van der Waals surface area contributed by atoms with Crippen LogP contribution in [0, 0.1) is 3.57 Å². The molecule has 0 saturated heterocycles. The number of hydrogen-bond donors (Lipinski definition) is 0. The lowest BCUT2D eigenvalue weighted by Gasteiger charge is -2.02. The lowest BCUT2D eigenvalue weighted by atomic mass is 10.1. The first-order valence-corrected chi connectivity index (χ1v) is 5.73. The summed E-state index contributed by atoms with van der Waals surface area (Å²) >= 11 is 8.27. The zero-order valence-electron chi connectivity index (χ0n) is 7.37. The van der Waals surface area contributed by atoms with Crippen LogP contribution >= 0.6 is 34.2 Å². The Bertz CT molecular complexity index is 417. The Morgan fingerprint density at radius 2 is 1.57 bits per heavy atom. The van der Waals surface area contributed by atoms with Crippen LogP contribution in [0.5, 0.6) is 0 Å². The van der Waals surface area contributed by atoms with E-state index in [-0.39, 0.29) is 0 Å². The second-order valence-electron chi connectivity index (χ2n) is 3.02. The first kappa shape index (κ1) is 9.99.